The van der Waals surface area contributed by atoms with E-state index in [4.69, 9.17) is 9.11 Å². The second-order valence-corrected chi connectivity index (χ2v) is 7.93. The summed E-state index contributed by atoms with van der Waals surface area (Å²) in [4.78, 5) is 3.79. The van der Waals surface area contributed by atoms with Crippen LogP contribution in [0.3, 0.4) is 0 Å². The van der Waals surface area contributed by atoms with Gasteiger partial charge in [0.05, 0.1) is 27.5 Å². The van der Waals surface area contributed by atoms with Crippen molar-refractivity contribution in [3.8, 4) is 0 Å². The third kappa shape index (κ3) is 4.51. The van der Waals surface area contributed by atoms with Gasteiger partial charge in [-0.3, -0.25) is 9.11 Å². The van der Waals surface area contributed by atoms with E-state index in [2.05, 4.69) is 4.98 Å². The van der Waals surface area contributed by atoms with E-state index in [1.807, 2.05) is 0 Å². The molecule has 2 N–H and O–H groups in total. The molecule has 1 unspecified atom stereocenters. The Morgan fingerprint density at radius 1 is 1.23 bits per heavy atom. The number of imidazole rings is 1. The van der Waals surface area contributed by atoms with Gasteiger partial charge in [-0.25, -0.2) is 4.98 Å². The first-order chi connectivity index (χ1) is 9.59. The molecule has 0 saturated carbocycles. The zero-order chi connectivity index (χ0) is 15.8. The number of nitrogens with zero attached hydrogens (tertiary/aromatic N) is 2. The molecule has 8 nitrogen and oxygen atoms in total. The minimum absolute atomic E-state index is 0. The molecular weight excluding hydrogens is 343 g/mol. The number of hydrogen-bond acceptors (Lipinski definition) is 5. The van der Waals surface area contributed by atoms with Crippen LogP contribution >= 0.6 is 0 Å². The Morgan fingerprint density at radius 2 is 1.86 bits per heavy atom. The van der Waals surface area contributed by atoms with Crippen molar-refractivity contribution in [3.05, 3.63) is 24.5 Å². The van der Waals surface area contributed by atoms with Crippen LogP contribution < -0.4 is 0 Å². The molecule has 0 bridgehead atoms. The minimum atomic E-state index is -4.32. The van der Waals surface area contributed by atoms with Gasteiger partial charge in [0.25, 0.3) is 20.2 Å². The Bertz CT molecular complexity index is 875. The van der Waals surface area contributed by atoms with Gasteiger partial charge in [0.15, 0.2) is 0 Å². The van der Waals surface area contributed by atoms with Gasteiger partial charge in [-0.15, -0.1) is 0 Å². The third-order valence-corrected chi connectivity index (χ3v) is 5.28. The van der Waals surface area contributed by atoms with Crippen LogP contribution in [0.2, 0.25) is 0 Å². The second-order valence-electron chi connectivity index (χ2n) is 4.68. The van der Waals surface area contributed by atoms with Crippen molar-refractivity contribution in [2.24, 2.45) is 0 Å². The van der Waals surface area contributed by atoms with E-state index in [1.165, 1.54) is 31.5 Å². The molecule has 22 heavy (non-hydrogen) atoms. The van der Waals surface area contributed by atoms with Crippen LogP contribution in [0.15, 0.2) is 29.4 Å². The molecule has 2 aromatic rings. The summed E-state index contributed by atoms with van der Waals surface area (Å²) in [6.45, 7) is 1.60. The summed E-state index contributed by atoms with van der Waals surface area (Å²) in [6.07, 6.45) is 1.58. The fourth-order valence-electron chi connectivity index (χ4n) is 1.85. The molecule has 0 fully saturated rings. The van der Waals surface area contributed by atoms with Crippen molar-refractivity contribution >= 4 is 60.8 Å². The zero-order valence-corrected chi connectivity index (χ0v) is 12.7. The maximum atomic E-state index is 11.1. The van der Waals surface area contributed by atoms with Gasteiger partial charge in [0.1, 0.15) is 0 Å². The van der Waals surface area contributed by atoms with Crippen LogP contribution in [0.1, 0.15) is 13.3 Å². The van der Waals surface area contributed by atoms with Crippen molar-refractivity contribution < 1.29 is 25.9 Å². The predicted octanol–water partition coefficient (Wildman–Crippen LogP) is 0.301. The van der Waals surface area contributed by atoms with Gasteiger partial charge in [-0.2, -0.15) is 16.8 Å². The molecule has 0 aliphatic carbocycles. The standard InChI is InChI=1S/C11H14N2O6S2.Na.H/c1-8(20(14,15)16)4-5-13-7-12-10-3-2-9(6-11(10)13)21(17,18)19;;/h2-3,6-8H,4-5H2,1H3,(H,14,15,16)(H,17,18,19);;. The molecule has 0 aliphatic rings. The van der Waals surface area contributed by atoms with E-state index < -0.39 is 25.5 Å². The summed E-state index contributed by atoms with van der Waals surface area (Å²) in [5, 5.41) is -0.945. The molecule has 0 saturated heterocycles. The van der Waals surface area contributed by atoms with Crippen LogP contribution in [0, 0.1) is 0 Å². The topological polar surface area (TPSA) is 127 Å². The first-order valence-electron chi connectivity index (χ1n) is 5.98. The van der Waals surface area contributed by atoms with Gasteiger partial charge in [-0.05, 0) is 31.5 Å². The van der Waals surface area contributed by atoms with Crippen molar-refractivity contribution in [2.75, 3.05) is 0 Å². The maximum absolute atomic E-state index is 11.1. The average molecular weight is 358 g/mol. The summed E-state index contributed by atoms with van der Waals surface area (Å²) in [7, 11) is -8.43. The SMILES string of the molecule is CC(CCn1cnc2ccc(S(=O)(=O)O)cc21)S(=O)(=O)O.[NaH]. The number of hydrogen-bond donors (Lipinski definition) is 2. The van der Waals surface area contributed by atoms with Crippen molar-refractivity contribution in [1.29, 1.82) is 0 Å². The fraction of sp³-hybridized carbons (Fsp3) is 0.364. The van der Waals surface area contributed by atoms with Crippen LogP contribution in [-0.4, -0.2) is 70.3 Å². The molecule has 1 aromatic carbocycles. The van der Waals surface area contributed by atoms with E-state index in [-0.39, 0.29) is 47.4 Å². The Morgan fingerprint density at radius 3 is 2.41 bits per heavy atom. The van der Waals surface area contributed by atoms with Gasteiger partial charge in [-0.1, -0.05) is 0 Å². The molecule has 0 amide bonds. The molecule has 0 aliphatic heterocycles. The molecule has 1 atom stereocenters. The van der Waals surface area contributed by atoms with E-state index >= 15 is 0 Å². The fourth-order valence-corrected chi connectivity index (χ4v) is 2.75. The van der Waals surface area contributed by atoms with Gasteiger partial charge >= 0.3 is 29.6 Å². The first-order valence-corrected chi connectivity index (χ1v) is 8.92. The molecule has 0 spiro atoms. The summed E-state index contributed by atoms with van der Waals surface area (Å²) >= 11 is 0. The summed E-state index contributed by atoms with van der Waals surface area (Å²) in [5.41, 5.74) is 0.967. The van der Waals surface area contributed by atoms with Gasteiger partial charge in [0.2, 0.25) is 0 Å². The van der Waals surface area contributed by atoms with Crippen LogP contribution in [-0.2, 0) is 26.8 Å². The summed E-state index contributed by atoms with van der Waals surface area (Å²) in [6, 6.07) is 3.94. The Hall–Kier alpha value is -0.490. The van der Waals surface area contributed by atoms with Gasteiger partial charge in [0, 0.05) is 6.54 Å². The molecule has 1 heterocycles. The van der Waals surface area contributed by atoms with E-state index in [1.54, 1.807) is 4.57 Å². The Balaban J connectivity index is 0.00000242. The van der Waals surface area contributed by atoms with Crippen LogP contribution in [0.5, 0.6) is 0 Å². The molecule has 0 radical (unpaired) electrons. The summed E-state index contributed by atoms with van der Waals surface area (Å²) < 4.78 is 63.7. The van der Waals surface area contributed by atoms with E-state index in [9.17, 15) is 16.8 Å². The third-order valence-electron chi connectivity index (χ3n) is 3.18. The van der Waals surface area contributed by atoms with E-state index in [0.717, 1.165) is 0 Å². The Kier molecular flexibility index (Phi) is 6.18. The van der Waals surface area contributed by atoms with Crippen molar-refractivity contribution in [1.82, 2.24) is 9.55 Å². The quantitative estimate of drug-likeness (QED) is 0.581. The summed E-state index contributed by atoms with van der Waals surface area (Å²) in [5.74, 6) is 0. The number of aromatic nitrogens is 2. The molecule has 1 aromatic heterocycles. The first kappa shape index (κ1) is 19.6. The van der Waals surface area contributed by atoms with Crippen LogP contribution in [0.4, 0.5) is 0 Å². The normalized spacial score (nSPS) is 13.8. The van der Waals surface area contributed by atoms with Crippen molar-refractivity contribution in [2.45, 2.75) is 30.0 Å². The average Bonchev–Trinajstić information content (AvgIpc) is 2.76. The van der Waals surface area contributed by atoms with E-state index in [0.29, 0.717) is 11.0 Å². The zero-order valence-electron chi connectivity index (χ0n) is 11.0. The Labute approximate surface area is 150 Å². The predicted molar refractivity (Wildman–Crippen MR) is 82.3 cm³/mol. The second kappa shape index (κ2) is 6.95. The van der Waals surface area contributed by atoms with Crippen LogP contribution in [0.25, 0.3) is 11.0 Å². The number of fused-ring (bicyclic) bond motifs is 1. The number of aryl methyl sites for hydroxylation is 1. The number of rotatable bonds is 5. The number of benzene rings is 1. The van der Waals surface area contributed by atoms with Crippen molar-refractivity contribution in [3.63, 3.8) is 0 Å². The van der Waals surface area contributed by atoms with Gasteiger partial charge < -0.3 is 4.57 Å². The molecule has 118 valence electrons. The monoisotopic (exact) mass is 358 g/mol. The molecule has 2 rings (SSSR count). The molecular formula is C11H15N2NaO6S2. The molecule has 11 heteroatoms.